The second-order valence-corrected chi connectivity index (χ2v) is 4.19. The fourth-order valence-corrected chi connectivity index (χ4v) is 1.81. The largest absolute Gasteiger partial charge is 0.312 e. The Labute approximate surface area is 107 Å². The van der Waals surface area contributed by atoms with E-state index in [4.69, 9.17) is 0 Å². The van der Waals surface area contributed by atoms with Gasteiger partial charge in [0, 0.05) is 18.8 Å². The van der Waals surface area contributed by atoms with Gasteiger partial charge in [0.2, 0.25) is 0 Å². The molecule has 0 saturated carbocycles. The maximum Gasteiger partial charge on any atom is 0.250 e. The number of benzene rings is 1. The lowest BCUT2D eigenvalue weighted by Crippen LogP contribution is -2.16. The Morgan fingerprint density at radius 2 is 1.72 bits per heavy atom. The number of allylic oxidation sites excluding steroid dienone is 2. The van der Waals surface area contributed by atoms with Crippen molar-refractivity contribution >= 4 is 0 Å². The predicted octanol–water partition coefficient (Wildman–Crippen LogP) is 3.04. The Morgan fingerprint density at radius 1 is 0.944 bits per heavy atom. The van der Waals surface area contributed by atoms with E-state index in [1.807, 2.05) is 24.4 Å². The molecule has 0 radical (unpaired) electrons. The molecule has 0 saturated heterocycles. The summed E-state index contributed by atoms with van der Waals surface area (Å²) in [6.07, 6.45) is 8.03. The van der Waals surface area contributed by atoms with E-state index in [1.54, 1.807) is 16.7 Å². The van der Waals surface area contributed by atoms with Crippen LogP contribution in [0.5, 0.6) is 0 Å². The second-order valence-electron chi connectivity index (χ2n) is 4.19. The van der Waals surface area contributed by atoms with E-state index in [2.05, 4.69) is 30.3 Å². The van der Waals surface area contributed by atoms with Gasteiger partial charge in [-0.25, -0.2) is 0 Å². The summed E-state index contributed by atoms with van der Waals surface area (Å²) in [6.45, 7) is 0.647. The topological polar surface area (TPSA) is 22.0 Å². The van der Waals surface area contributed by atoms with Crippen molar-refractivity contribution in [2.24, 2.45) is 0 Å². The highest BCUT2D eigenvalue weighted by Gasteiger charge is 1.90. The van der Waals surface area contributed by atoms with Crippen LogP contribution in [0.15, 0.2) is 71.7 Å². The summed E-state index contributed by atoms with van der Waals surface area (Å²) in [5.74, 6) is 0. The Balaban J connectivity index is 1.79. The molecule has 0 spiro atoms. The minimum absolute atomic E-state index is 0.0465. The zero-order valence-electron chi connectivity index (χ0n) is 10.3. The fraction of sp³-hybridized carbons (Fsp3) is 0.188. The van der Waals surface area contributed by atoms with Gasteiger partial charge in [0.1, 0.15) is 0 Å². The molecule has 0 atom stereocenters. The Morgan fingerprint density at radius 3 is 2.50 bits per heavy atom. The highest BCUT2D eigenvalue weighted by Crippen LogP contribution is 2.02. The van der Waals surface area contributed by atoms with Crippen molar-refractivity contribution in [2.45, 2.75) is 19.4 Å². The third-order valence-electron chi connectivity index (χ3n) is 2.81. The highest BCUT2D eigenvalue weighted by atomic mass is 16.1. The zero-order valence-corrected chi connectivity index (χ0v) is 10.3. The lowest BCUT2D eigenvalue weighted by Gasteiger charge is -2.00. The highest BCUT2D eigenvalue weighted by molar-refractivity contribution is 5.15. The van der Waals surface area contributed by atoms with E-state index < -0.39 is 0 Å². The molecule has 2 rings (SSSR count). The van der Waals surface area contributed by atoms with Gasteiger partial charge in [0.15, 0.2) is 0 Å². The summed E-state index contributed by atoms with van der Waals surface area (Å²) in [4.78, 5) is 11.4. The van der Waals surface area contributed by atoms with Gasteiger partial charge < -0.3 is 4.57 Å². The molecule has 0 aliphatic carbocycles. The molecule has 2 nitrogen and oxygen atoms in total. The molecule has 0 unspecified atom stereocenters. The van der Waals surface area contributed by atoms with Crippen molar-refractivity contribution in [1.29, 1.82) is 0 Å². The van der Waals surface area contributed by atoms with Crippen LogP contribution in [0.1, 0.15) is 12.0 Å². The summed E-state index contributed by atoms with van der Waals surface area (Å²) >= 11 is 0. The smallest absolute Gasteiger partial charge is 0.250 e. The van der Waals surface area contributed by atoms with Crippen LogP contribution in [-0.4, -0.2) is 4.57 Å². The van der Waals surface area contributed by atoms with E-state index in [9.17, 15) is 4.79 Å². The fourth-order valence-electron chi connectivity index (χ4n) is 1.81. The lowest BCUT2D eigenvalue weighted by atomic mass is 10.1. The van der Waals surface area contributed by atoms with Gasteiger partial charge in [0.25, 0.3) is 5.56 Å². The normalized spacial score (nSPS) is 10.9. The first kappa shape index (κ1) is 12.4. The van der Waals surface area contributed by atoms with E-state index in [1.165, 1.54) is 5.56 Å². The first-order chi connectivity index (χ1) is 8.86. The molecule has 1 heterocycles. The van der Waals surface area contributed by atoms with Crippen LogP contribution in [0.2, 0.25) is 0 Å². The first-order valence-corrected chi connectivity index (χ1v) is 6.20. The van der Waals surface area contributed by atoms with Crippen molar-refractivity contribution in [3.63, 3.8) is 0 Å². The molecule has 0 aliphatic heterocycles. The van der Waals surface area contributed by atoms with E-state index >= 15 is 0 Å². The second kappa shape index (κ2) is 6.60. The Hall–Kier alpha value is -2.09. The number of aromatic nitrogens is 1. The molecule has 0 aliphatic rings. The number of hydrogen-bond acceptors (Lipinski definition) is 1. The zero-order chi connectivity index (χ0) is 12.6. The number of pyridine rings is 1. The van der Waals surface area contributed by atoms with Gasteiger partial charge in [-0.05, 0) is 24.5 Å². The first-order valence-electron chi connectivity index (χ1n) is 6.20. The number of nitrogens with zero attached hydrogens (tertiary/aromatic N) is 1. The van der Waals surface area contributed by atoms with Crippen molar-refractivity contribution in [3.8, 4) is 0 Å². The van der Waals surface area contributed by atoms with Crippen LogP contribution in [0.4, 0.5) is 0 Å². The number of rotatable bonds is 5. The monoisotopic (exact) mass is 239 g/mol. The van der Waals surface area contributed by atoms with Gasteiger partial charge in [0.05, 0.1) is 0 Å². The van der Waals surface area contributed by atoms with E-state index in [0.29, 0.717) is 6.54 Å². The van der Waals surface area contributed by atoms with Crippen molar-refractivity contribution in [2.75, 3.05) is 0 Å². The van der Waals surface area contributed by atoms with Crippen molar-refractivity contribution in [1.82, 2.24) is 4.57 Å². The summed E-state index contributed by atoms with van der Waals surface area (Å²) < 4.78 is 1.69. The molecular formula is C16H17NO. The van der Waals surface area contributed by atoms with Gasteiger partial charge >= 0.3 is 0 Å². The van der Waals surface area contributed by atoms with Crippen LogP contribution in [0.3, 0.4) is 0 Å². The molecule has 2 aromatic rings. The van der Waals surface area contributed by atoms with Crippen molar-refractivity contribution in [3.05, 3.63) is 82.8 Å². The summed E-state index contributed by atoms with van der Waals surface area (Å²) in [5, 5.41) is 0. The average molecular weight is 239 g/mol. The van der Waals surface area contributed by atoms with E-state index in [-0.39, 0.29) is 5.56 Å². The molecule has 1 aromatic carbocycles. The maximum absolute atomic E-state index is 11.4. The van der Waals surface area contributed by atoms with Gasteiger partial charge in [-0.15, -0.1) is 0 Å². The summed E-state index contributed by atoms with van der Waals surface area (Å²) in [7, 11) is 0. The van der Waals surface area contributed by atoms with Crippen LogP contribution in [0, 0.1) is 0 Å². The molecule has 2 heteroatoms. The lowest BCUT2D eigenvalue weighted by molar-refractivity contribution is 0.775. The van der Waals surface area contributed by atoms with E-state index in [0.717, 1.165) is 12.8 Å². The summed E-state index contributed by atoms with van der Waals surface area (Å²) in [5.41, 5.74) is 1.39. The maximum atomic E-state index is 11.4. The predicted molar refractivity (Wildman–Crippen MR) is 74.6 cm³/mol. The standard InChI is InChI=1S/C16H17NO/c18-16-12-6-8-14-17(16)13-7-2-5-11-15-9-3-1-4-10-15/h1-4,6-10,12,14H,5,11,13H2/b7-2+. The molecule has 92 valence electrons. The van der Waals surface area contributed by atoms with Gasteiger partial charge in [-0.2, -0.15) is 0 Å². The molecule has 0 fully saturated rings. The quantitative estimate of drug-likeness (QED) is 0.735. The van der Waals surface area contributed by atoms with Gasteiger partial charge in [-0.1, -0.05) is 48.6 Å². The minimum atomic E-state index is 0.0465. The third kappa shape index (κ3) is 3.74. The molecule has 1 aromatic heterocycles. The van der Waals surface area contributed by atoms with Crippen LogP contribution >= 0.6 is 0 Å². The minimum Gasteiger partial charge on any atom is -0.312 e. The SMILES string of the molecule is O=c1ccccn1C/C=C/CCc1ccccc1. The molecular weight excluding hydrogens is 222 g/mol. The average Bonchev–Trinajstić information content (AvgIpc) is 2.42. The molecule has 0 bridgehead atoms. The Bertz CT molecular complexity index is 555. The number of aryl methyl sites for hydroxylation is 1. The van der Waals surface area contributed by atoms with Crippen LogP contribution in [0.25, 0.3) is 0 Å². The molecule has 18 heavy (non-hydrogen) atoms. The van der Waals surface area contributed by atoms with Crippen LogP contribution in [-0.2, 0) is 13.0 Å². The molecule has 0 N–H and O–H groups in total. The van der Waals surface area contributed by atoms with Crippen molar-refractivity contribution < 1.29 is 0 Å². The summed E-state index contributed by atoms with van der Waals surface area (Å²) in [6, 6.07) is 15.6. The number of hydrogen-bond donors (Lipinski definition) is 0. The Kier molecular flexibility index (Phi) is 4.53. The third-order valence-corrected chi connectivity index (χ3v) is 2.81. The van der Waals surface area contributed by atoms with Gasteiger partial charge in [-0.3, -0.25) is 4.79 Å². The van der Waals surface area contributed by atoms with Crippen LogP contribution < -0.4 is 5.56 Å². The molecule has 0 amide bonds.